The van der Waals surface area contributed by atoms with Crippen molar-refractivity contribution in [3.8, 4) is 0 Å². The molecule has 0 spiro atoms. The molecule has 0 unspecified atom stereocenters. The molecule has 3 rings (SSSR count). The Morgan fingerprint density at radius 1 is 0.966 bits per heavy atom. The summed E-state index contributed by atoms with van der Waals surface area (Å²) in [5.41, 5.74) is -1.03. The average molecular weight is 408 g/mol. The molecule has 0 aliphatic carbocycles. The first-order valence-corrected chi connectivity index (χ1v) is 8.21. The molecule has 10 heteroatoms. The summed E-state index contributed by atoms with van der Waals surface area (Å²) in [4.78, 5) is 20.4. The Morgan fingerprint density at radius 3 is 2.31 bits per heavy atom. The molecule has 0 aliphatic heterocycles. The maximum Gasteiger partial charge on any atom is 0.419 e. The zero-order valence-corrected chi connectivity index (χ0v) is 14.6. The van der Waals surface area contributed by atoms with Crippen LogP contribution in [0, 0.1) is 11.6 Å². The van der Waals surface area contributed by atoms with Gasteiger partial charge in [-0.3, -0.25) is 4.79 Å². The van der Waals surface area contributed by atoms with Gasteiger partial charge in [0.1, 0.15) is 11.6 Å². The van der Waals surface area contributed by atoms with E-state index < -0.39 is 29.3 Å². The number of nitrogens with zero attached hydrogens (tertiary/aromatic N) is 2. The summed E-state index contributed by atoms with van der Waals surface area (Å²) in [7, 11) is 0. The van der Waals surface area contributed by atoms with Gasteiger partial charge in [-0.2, -0.15) is 13.2 Å². The van der Waals surface area contributed by atoms with E-state index in [2.05, 4.69) is 20.6 Å². The second kappa shape index (κ2) is 8.21. The van der Waals surface area contributed by atoms with Crippen LogP contribution >= 0.6 is 0 Å². The fourth-order valence-electron chi connectivity index (χ4n) is 2.43. The van der Waals surface area contributed by atoms with Crippen LogP contribution in [-0.4, -0.2) is 15.9 Å². The standard InChI is InChI=1S/C19H13F5N4O/c20-12-3-1-11(2-4-12)10-27-17-16(25-7-8-26-17)18(29)28-13-5-6-14(15(21)9-13)19(22,23)24/h1-9H,10H2,(H,26,27)(H,28,29). The molecule has 1 aromatic heterocycles. The molecule has 2 N–H and O–H groups in total. The molecule has 29 heavy (non-hydrogen) atoms. The summed E-state index contributed by atoms with van der Waals surface area (Å²) in [5, 5.41) is 5.16. The van der Waals surface area contributed by atoms with Gasteiger partial charge in [0.15, 0.2) is 11.5 Å². The predicted molar refractivity (Wildman–Crippen MR) is 95.1 cm³/mol. The van der Waals surface area contributed by atoms with Gasteiger partial charge in [-0.15, -0.1) is 0 Å². The van der Waals surface area contributed by atoms with Gasteiger partial charge in [-0.05, 0) is 35.9 Å². The zero-order chi connectivity index (χ0) is 21.0. The van der Waals surface area contributed by atoms with Gasteiger partial charge in [-0.1, -0.05) is 12.1 Å². The summed E-state index contributed by atoms with van der Waals surface area (Å²) in [6, 6.07) is 7.69. The third-order valence-corrected chi connectivity index (χ3v) is 3.82. The Morgan fingerprint density at radius 2 is 1.66 bits per heavy atom. The van der Waals surface area contributed by atoms with Crippen molar-refractivity contribution < 1.29 is 26.7 Å². The first-order chi connectivity index (χ1) is 13.7. The van der Waals surface area contributed by atoms with Crippen LogP contribution in [-0.2, 0) is 12.7 Å². The lowest BCUT2D eigenvalue weighted by atomic mass is 10.2. The minimum Gasteiger partial charge on any atom is -0.364 e. The molecule has 3 aromatic rings. The van der Waals surface area contributed by atoms with Crippen molar-refractivity contribution in [2.75, 3.05) is 10.6 Å². The molecule has 0 saturated carbocycles. The summed E-state index contributed by atoms with van der Waals surface area (Å²) in [6.07, 6.45) is -2.25. The number of hydrogen-bond donors (Lipinski definition) is 2. The van der Waals surface area contributed by atoms with Gasteiger partial charge < -0.3 is 10.6 Å². The van der Waals surface area contributed by atoms with Crippen molar-refractivity contribution in [3.05, 3.63) is 83.3 Å². The van der Waals surface area contributed by atoms with Crippen LogP contribution in [0.4, 0.5) is 33.5 Å². The third kappa shape index (κ3) is 5.03. The van der Waals surface area contributed by atoms with E-state index in [1.807, 2.05) is 0 Å². The second-order valence-electron chi connectivity index (χ2n) is 5.88. The lowest BCUT2D eigenvalue weighted by molar-refractivity contribution is -0.139. The van der Waals surface area contributed by atoms with E-state index in [1.54, 1.807) is 12.1 Å². The molecule has 2 aromatic carbocycles. The normalized spacial score (nSPS) is 11.2. The topological polar surface area (TPSA) is 66.9 Å². The quantitative estimate of drug-likeness (QED) is 0.604. The Kier molecular flexibility index (Phi) is 5.71. The Labute approximate surface area is 161 Å². The molecule has 0 fully saturated rings. The summed E-state index contributed by atoms with van der Waals surface area (Å²) >= 11 is 0. The Bertz CT molecular complexity index is 1020. The molecule has 1 amide bonds. The largest absolute Gasteiger partial charge is 0.419 e. The molecule has 5 nitrogen and oxygen atoms in total. The monoisotopic (exact) mass is 408 g/mol. The molecule has 1 heterocycles. The number of carbonyl (C=O) groups excluding carboxylic acids is 1. The van der Waals surface area contributed by atoms with Crippen molar-refractivity contribution >= 4 is 17.4 Å². The first-order valence-electron chi connectivity index (χ1n) is 8.21. The van der Waals surface area contributed by atoms with Gasteiger partial charge in [0.25, 0.3) is 5.91 Å². The van der Waals surface area contributed by atoms with Crippen LogP contribution in [0.15, 0.2) is 54.9 Å². The summed E-state index contributed by atoms with van der Waals surface area (Å²) in [5.74, 6) is -2.60. The lowest BCUT2D eigenvalue weighted by Gasteiger charge is -2.12. The number of hydrogen-bond acceptors (Lipinski definition) is 4. The SMILES string of the molecule is O=C(Nc1ccc(C(F)(F)F)c(F)c1)c1nccnc1NCc1ccc(F)cc1. The van der Waals surface area contributed by atoms with Crippen molar-refractivity contribution in [2.24, 2.45) is 0 Å². The number of halogens is 5. The number of aromatic nitrogens is 2. The molecule has 0 saturated heterocycles. The van der Waals surface area contributed by atoms with Crippen LogP contribution in [0.2, 0.25) is 0 Å². The van der Waals surface area contributed by atoms with Crippen LogP contribution in [0.25, 0.3) is 0 Å². The minimum atomic E-state index is -4.84. The fraction of sp³-hybridized carbons (Fsp3) is 0.105. The summed E-state index contributed by atoms with van der Waals surface area (Å²) < 4.78 is 64.5. The third-order valence-electron chi connectivity index (χ3n) is 3.82. The maximum absolute atomic E-state index is 13.7. The molecular formula is C19H13F5N4O. The zero-order valence-electron chi connectivity index (χ0n) is 14.6. The highest BCUT2D eigenvalue weighted by Gasteiger charge is 2.34. The van der Waals surface area contributed by atoms with Crippen LogP contribution < -0.4 is 10.6 Å². The van der Waals surface area contributed by atoms with Crippen LogP contribution in [0.3, 0.4) is 0 Å². The van der Waals surface area contributed by atoms with Gasteiger partial charge in [-0.25, -0.2) is 18.7 Å². The number of rotatable bonds is 5. The van der Waals surface area contributed by atoms with Crippen molar-refractivity contribution in [1.29, 1.82) is 0 Å². The molecule has 0 aliphatic rings. The van der Waals surface area contributed by atoms with Gasteiger partial charge in [0.2, 0.25) is 0 Å². The fourth-order valence-corrected chi connectivity index (χ4v) is 2.43. The highest BCUT2D eigenvalue weighted by atomic mass is 19.4. The predicted octanol–water partition coefficient (Wildman–Crippen LogP) is 4.64. The number of anilines is 2. The maximum atomic E-state index is 13.7. The second-order valence-corrected chi connectivity index (χ2v) is 5.88. The molecule has 150 valence electrons. The van der Waals surface area contributed by atoms with Crippen LogP contribution in [0.1, 0.15) is 21.6 Å². The smallest absolute Gasteiger partial charge is 0.364 e. The Balaban J connectivity index is 1.74. The van der Waals surface area contributed by atoms with E-state index in [1.165, 1.54) is 24.5 Å². The first kappa shape index (κ1) is 20.2. The van der Waals surface area contributed by atoms with Crippen LogP contribution in [0.5, 0.6) is 0 Å². The van der Waals surface area contributed by atoms with E-state index in [9.17, 15) is 26.7 Å². The molecular weight excluding hydrogens is 395 g/mol. The number of carbonyl (C=O) groups is 1. The van der Waals surface area contributed by atoms with Crippen molar-refractivity contribution in [1.82, 2.24) is 9.97 Å². The van der Waals surface area contributed by atoms with Crippen molar-refractivity contribution in [3.63, 3.8) is 0 Å². The van der Waals surface area contributed by atoms with Crippen molar-refractivity contribution in [2.45, 2.75) is 12.7 Å². The average Bonchev–Trinajstić information content (AvgIpc) is 2.67. The highest BCUT2D eigenvalue weighted by Crippen LogP contribution is 2.32. The van der Waals surface area contributed by atoms with Gasteiger partial charge >= 0.3 is 6.18 Å². The summed E-state index contributed by atoms with van der Waals surface area (Å²) in [6.45, 7) is 0.216. The molecule has 0 bridgehead atoms. The van der Waals surface area contributed by atoms with E-state index >= 15 is 0 Å². The minimum absolute atomic E-state index is 0.0988. The number of benzene rings is 2. The van der Waals surface area contributed by atoms with E-state index in [-0.39, 0.29) is 23.7 Å². The van der Waals surface area contributed by atoms with E-state index in [0.717, 1.165) is 6.07 Å². The number of amides is 1. The van der Waals surface area contributed by atoms with Gasteiger partial charge in [0.05, 0.1) is 5.56 Å². The molecule has 0 radical (unpaired) electrons. The van der Waals surface area contributed by atoms with Gasteiger partial charge in [0, 0.05) is 24.6 Å². The highest BCUT2D eigenvalue weighted by molar-refractivity contribution is 6.05. The Hall–Kier alpha value is -3.56. The molecule has 0 atom stereocenters. The van der Waals surface area contributed by atoms with E-state index in [0.29, 0.717) is 17.7 Å². The number of alkyl halides is 3. The lowest BCUT2D eigenvalue weighted by Crippen LogP contribution is -2.18. The van der Waals surface area contributed by atoms with E-state index in [4.69, 9.17) is 0 Å². The number of nitrogens with one attached hydrogen (secondary N) is 2.